The van der Waals surface area contributed by atoms with Crippen LogP contribution in [0.1, 0.15) is 10.4 Å². The molecule has 0 aromatic heterocycles. The van der Waals surface area contributed by atoms with Crippen molar-refractivity contribution < 1.29 is 17.6 Å². The van der Waals surface area contributed by atoms with Gasteiger partial charge in [-0.05, 0) is 36.4 Å². The van der Waals surface area contributed by atoms with Gasteiger partial charge < -0.3 is 4.90 Å². The molecule has 0 heterocycles. The number of amides is 1. The van der Waals surface area contributed by atoms with E-state index in [4.69, 9.17) is 11.6 Å². The third kappa shape index (κ3) is 4.00. The largest absolute Gasteiger partial charge is 0.345 e. The molecule has 122 valence electrons. The minimum Gasteiger partial charge on any atom is -0.345 e. The Morgan fingerprint density at radius 1 is 1.17 bits per heavy atom. The number of hydrogen-bond acceptors (Lipinski definition) is 3. The van der Waals surface area contributed by atoms with Crippen LogP contribution >= 0.6 is 11.6 Å². The Balaban J connectivity index is 2.34. The van der Waals surface area contributed by atoms with E-state index in [1.54, 1.807) is 26.2 Å². The number of anilines is 1. The number of sulfonamides is 1. The van der Waals surface area contributed by atoms with Crippen molar-refractivity contribution in [2.75, 3.05) is 18.8 Å². The molecule has 23 heavy (non-hydrogen) atoms. The Kier molecular flexibility index (Phi) is 4.91. The maximum atomic E-state index is 13.0. The van der Waals surface area contributed by atoms with Crippen molar-refractivity contribution in [2.45, 2.75) is 4.90 Å². The first-order valence-electron chi connectivity index (χ1n) is 6.50. The van der Waals surface area contributed by atoms with E-state index in [1.807, 2.05) is 0 Å². The summed E-state index contributed by atoms with van der Waals surface area (Å²) in [6, 6.07) is 9.05. The number of halogens is 2. The number of carbonyl (C=O) groups is 1. The molecule has 1 N–H and O–H groups in total. The number of benzene rings is 2. The van der Waals surface area contributed by atoms with Crippen LogP contribution in [0.4, 0.5) is 10.1 Å². The van der Waals surface area contributed by atoms with Crippen LogP contribution in [0.2, 0.25) is 5.02 Å². The van der Waals surface area contributed by atoms with Crippen molar-refractivity contribution >= 4 is 33.2 Å². The van der Waals surface area contributed by atoms with Crippen LogP contribution in [0.5, 0.6) is 0 Å². The number of carbonyl (C=O) groups excluding carboxylic acids is 1. The van der Waals surface area contributed by atoms with Gasteiger partial charge in [0.05, 0.1) is 5.02 Å². The van der Waals surface area contributed by atoms with Gasteiger partial charge in [0.1, 0.15) is 10.7 Å². The number of nitrogens with one attached hydrogen (secondary N) is 1. The second-order valence-corrected chi connectivity index (χ2v) is 7.02. The summed E-state index contributed by atoms with van der Waals surface area (Å²) in [5.41, 5.74) is 0.540. The molecule has 0 saturated carbocycles. The smallest absolute Gasteiger partial charge is 0.263 e. The molecule has 0 bridgehead atoms. The second-order valence-electron chi connectivity index (χ2n) is 4.96. The summed E-state index contributed by atoms with van der Waals surface area (Å²) in [5, 5.41) is -0.224. The van der Waals surface area contributed by atoms with E-state index >= 15 is 0 Å². The van der Waals surface area contributed by atoms with Gasteiger partial charge >= 0.3 is 0 Å². The van der Waals surface area contributed by atoms with Crippen molar-refractivity contribution in [3.05, 3.63) is 58.9 Å². The Morgan fingerprint density at radius 3 is 2.48 bits per heavy atom. The first-order chi connectivity index (χ1) is 10.7. The lowest BCUT2D eigenvalue weighted by Gasteiger charge is -2.13. The molecule has 0 aliphatic rings. The molecule has 0 fully saturated rings. The molecule has 0 spiro atoms. The quantitative estimate of drug-likeness (QED) is 0.915. The Hall–Kier alpha value is -2.12. The van der Waals surface area contributed by atoms with Crippen molar-refractivity contribution in [3.8, 4) is 0 Å². The van der Waals surface area contributed by atoms with Crippen LogP contribution in [0.25, 0.3) is 0 Å². The van der Waals surface area contributed by atoms with Gasteiger partial charge in [0.15, 0.2) is 0 Å². The summed E-state index contributed by atoms with van der Waals surface area (Å²) in [6.07, 6.45) is 0. The van der Waals surface area contributed by atoms with E-state index in [2.05, 4.69) is 4.72 Å². The highest BCUT2D eigenvalue weighted by Gasteiger charge is 2.19. The van der Waals surface area contributed by atoms with E-state index in [9.17, 15) is 17.6 Å². The van der Waals surface area contributed by atoms with Gasteiger partial charge in [-0.25, -0.2) is 12.8 Å². The Bertz CT molecular complexity index is 854. The minimum atomic E-state index is -4.00. The van der Waals surface area contributed by atoms with Gasteiger partial charge in [-0.1, -0.05) is 17.7 Å². The lowest BCUT2D eigenvalue weighted by molar-refractivity contribution is 0.0827. The molecule has 0 atom stereocenters. The minimum absolute atomic E-state index is 0.207. The van der Waals surface area contributed by atoms with Gasteiger partial charge in [0, 0.05) is 25.3 Å². The molecule has 0 aliphatic heterocycles. The summed E-state index contributed by atoms with van der Waals surface area (Å²) in [4.78, 5) is 13.0. The molecule has 1 amide bonds. The number of hydrogen-bond donors (Lipinski definition) is 1. The van der Waals surface area contributed by atoms with Crippen LogP contribution < -0.4 is 4.72 Å². The summed E-state index contributed by atoms with van der Waals surface area (Å²) < 4.78 is 40.0. The molecule has 5 nitrogen and oxygen atoms in total. The number of rotatable bonds is 4. The predicted molar refractivity (Wildman–Crippen MR) is 86.7 cm³/mol. The lowest BCUT2D eigenvalue weighted by Crippen LogP contribution is -2.22. The highest BCUT2D eigenvalue weighted by atomic mass is 35.5. The van der Waals surface area contributed by atoms with Crippen molar-refractivity contribution in [1.82, 2.24) is 4.90 Å². The zero-order valence-electron chi connectivity index (χ0n) is 12.4. The molecule has 0 saturated heterocycles. The topological polar surface area (TPSA) is 66.5 Å². The average molecular weight is 357 g/mol. The van der Waals surface area contributed by atoms with E-state index in [-0.39, 0.29) is 21.5 Å². The SMILES string of the molecule is CN(C)C(=O)c1cccc(NS(=O)(=O)c2ccc(F)cc2Cl)c1. The molecule has 0 aliphatic carbocycles. The summed E-state index contributed by atoms with van der Waals surface area (Å²) in [6.45, 7) is 0. The van der Waals surface area contributed by atoms with Crippen molar-refractivity contribution in [3.63, 3.8) is 0 Å². The highest BCUT2D eigenvalue weighted by molar-refractivity contribution is 7.92. The summed E-state index contributed by atoms with van der Waals surface area (Å²) in [5.74, 6) is -0.890. The first kappa shape index (κ1) is 17.2. The van der Waals surface area contributed by atoms with E-state index in [0.29, 0.717) is 5.56 Å². The molecular formula is C15H14ClFN2O3S. The van der Waals surface area contributed by atoms with Gasteiger partial charge in [-0.2, -0.15) is 0 Å². The monoisotopic (exact) mass is 356 g/mol. The zero-order valence-corrected chi connectivity index (χ0v) is 14.0. The van der Waals surface area contributed by atoms with Gasteiger partial charge in [0.2, 0.25) is 0 Å². The predicted octanol–water partition coefficient (Wildman–Crippen LogP) is 2.98. The highest BCUT2D eigenvalue weighted by Crippen LogP contribution is 2.25. The Labute approximate surface area is 138 Å². The average Bonchev–Trinajstić information content (AvgIpc) is 2.45. The zero-order chi connectivity index (χ0) is 17.2. The van der Waals surface area contributed by atoms with E-state index < -0.39 is 15.8 Å². The van der Waals surface area contributed by atoms with Crippen molar-refractivity contribution in [1.29, 1.82) is 0 Å². The fraction of sp³-hybridized carbons (Fsp3) is 0.133. The molecule has 0 unspecified atom stereocenters. The molecule has 0 radical (unpaired) electrons. The standard InChI is InChI=1S/C15H14ClFN2O3S/c1-19(2)15(20)10-4-3-5-12(8-10)18-23(21,22)14-7-6-11(17)9-13(14)16/h3-9,18H,1-2H3. The third-order valence-electron chi connectivity index (χ3n) is 2.95. The fourth-order valence-electron chi connectivity index (χ4n) is 1.88. The molecule has 2 aromatic rings. The van der Waals surface area contributed by atoms with Gasteiger partial charge in [-0.15, -0.1) is 0 Å². The second kappa shape index (κ2) is 6.55. The molecular weight excluding hydrogens is 343 g/mol. The summed E-state index contributed by atoms with van der Waals surface area (Å²) in [7, 11) is -0.808. The van der Waals surface area contributed by atoms with Gasteiger partial charge in [-0.3, -0.25) is 9.52 Å². The van der Waals surface area contributed by atoms with Crippen LogP contribution in [0.15, 0.2) is 47.4 Å². The molecule has 2 aromatic carbocycles. The third-order valence-corrected chi connectivity index (χ3v) is 4.82. The van der Waals surface area contributed by atoms with E-state index in [1.165, 1.54) is 17.0 Å². The van der Waals surface area contributed by atoms with Crippen LogP contribution in [0.3, 0.4) is 0 Å². The van der Waals surface area contributed by atoms with Crippen LogP contribution in [-0.4, -0.2) is 33.3 Å². The van der Waals surface area contributed by atoms with Crippen LogP contribution in [-0.2, 0) is 10.0 Å². The van der Waals surface area contributed by atoms with Crippen molar-refractivity contribution in [2.24, 2.45) is 0 Å². The Morgan fingerprint density at radius 2 is 1.87 bits per heavy atom. The number of nitrogens with zero attached hydrogens (tertiary/aromatic N) is 1. The van der Waals surface area contributed by atoms with Gasteiger partial charge in [0.25, 0.3) is 15.9 Å². The molecule has 8 heteroatoms. The molecule has 2 rings (SSSR count). The van der Waals surface area contributed by atoms with E-state index in [0.717, 1.165) is 18.2 Å². The van der Waals surface area contributed by atoms with Crippen LogP contribution in [0, 0.1) is 5.82 Å². The normalized spacial score (nSPS) is 11.1. The lowest BCUT2D eigenvalue weighted by atomic mass is 10.2. The fourth-order valence-corrected chi connectivity index (χ4v) is 3.46. The summed E-state index contributed by atoms with van der Waals surface area (Å²) >= 11 is 5.78. The maximum absolute atomic E-state index is 13.0. The first-order valence-corrected chi connectivity index (χ1v) is 8.36. The maximum Gasteiger partial charge on any atom is 0.263 e.